The molecule has 4 rings (SSSR count). The second-order valence-corrected chi connectivity index (χ2v) is 9.50. The molecule has 1 atom stereocenters. The number of allylic oxidation sites excluding steroid dienone is 2. The van der Waals surface area contributed by atoms with Gasteiger partial charge in [0.25, 0.3) is 0 Å². The topological polar surface area (TPSA) is 46.6 Å². The molecule has 7 heteroatoms. The van der Waals surface area contributed by atoms with Crippen molar-refractivity contribution >= 4 is 17.4 Å². The van der Waals surface area contributed by atoms with Crippen LogP contribution in [0.4, 0.5) is 18.9 Å². The molecule has 0 radical (unpaired) electrons. The molecule has 0 saturated heterocycles. The van der Waals surface area contributed by atoms with Gasteiger partial charge in [-0.1, -0.05) is 44.7 Å². The van der Waals surface area contributed by atoms with Crippen molar-refractivity contribution in [2.45, 2.75) is 45.2 Å². The maximum absolute atomic E-state index is 13.4. The van der Waals surface area contributed by atoms with E-state index in [0.29, 0.717) is 36.5 Å². The molecule has 4 nitrogen and oxygen atoms in total. The van der Waals surface area contributed by atoms with Crippen LogP contribution in [-0.4, -0.2) is 18.3 Å². The standard InChI is InChI=1S/C27H26F3NO3/c1-4-12-34-20-10-8-17(9-11-20)21-14-24(33)31(19-7-5-6-18(13-19)27(28,29)30)22-15-26(2,3)16-23(32)25(21)22/h4-11,13,21H,1,12,14-16H2,2-3H3. The van der Waals surface area contributed by atoms with Crippen molar-refractivity contribution in [1.82, 2.24) is 0 Å². The van der Waals surface area contributed by atoms with E-state index in [1.165, 1.54) is 17.0 Å². The molecule has 178 valence electrons. The van der Waals surface area contributed by atoms with Gasteiger partial charge in [-0.25, -0.2) is 0 Å². The van der Waals surface area contributed by atoms with Crippen LogP contribution in [0.15, 0.2) is 72.5 Å². The van der Waals surface area contributed by atoms with E-state index in [4.69, 9.17) is 4.74 Å². The summed E-state index contributed by atoms with van der Waals surface area (Å²) >= 11 is 0. The van der Waals surface area contributed by atoms with Crippen LogP contribution in [0.3, 0.4) is 0 Å². The van der Waals surface area contributed by atoms with Crippen LogP contribution in [0.5, 0.6) is 5.75 Å². The lowest BCUT2D eigenvalue weighted by atomic mass is 9.69. The van der Waals surface area contributed by atoms with Gasteiger partial charge in [-0.15, -0.1) is 0 Å². The van der Waals surface area contributed by atoms with Gasteiger partial charge in [0, 0.05) is 35.7 Å². The number of halogens is 3. The lowest BCUT2D eigenvalue weighted by molar-refractivity contribution is -0.137. The first kappa shape index (κ1) is 23.8. The van der Waals surface area contributed by atoms with Crippen LogP contribution in [0.25, 0.3) is 0 Å². The predicted octanol–water partition coefficient (Wildman–Crippen LogP) is 6.43. The van der Waals surface area contributed by atoms with Gasteiger partial charge in [0.2, 0.25) is 5.91 Å². The second-order valence-electron chi connectivity index (χ2n) is 9.50. The normalized spacial score (nSPS) is 20.3. The number of nitrogens with zero attached hydrogens (tertiary/aromatic N) is 1. The minimum absolute atomic E-state index is 0.00584. The third-order valence-electron chi connectivity index (χ3n) is 6.22. The fraction of sp³-hybridized carbons (Fsp3) is 0.333. The Morgan fingerprint density at radius 2 is 1.82 bits per heavy atom. The summed E-state index contributed by atoms with van der Waals surface area (Å²) in [5.41, 5.74) is 0.678. The maximum atomic E-state index is 13.4. The molecule has 1 unspecified atom stereocenters. The Hall–Kier alpha value is -3.35. The highest BCUT2D eigenvalue weighted by Gasteiger charge is 2.44. The third-order valence-corrected chi connectivity index (χ3v) is 6.22. The molecule has 1 aliphatic carbocycles. The van der Waals surface area contributed by atoms with E-state index >= 15 is 0 Å². The first-order chi connectivity index (χ1) is 16.0. The van der Waals surface area contributed by atoms with Gasteiger partial charge < -0.3 is 4.74 Å². The number of alkyl halides is 3. The van der Waals surface area contributed by atoms with E-state index in [1.54, 1.807) is 18.2 Å². The summed E-state index contributed by atoms with van der Waals surface area (Å²) in [6.07, 6.45) is -2.18. The summed E-state index contributed by atoms with van der Waals surface area (Å²) in [5.74, 6) is -0.225. The molecule has 2 aromatic rings. The molecule has 0 N–H and O–H groups in total. The molecule has 0 spiro atoms. The average Bonchev–Trinajstić information content (AvgIpc) is 2.76. The number of benzene rings is 2. The Morgan fingerprint density at radius 1 is 1.12 bits per heavy atom. The highest BCUT2D eigenvalue weighted by molar-refractivity contribution is 6.07. The first-order valence-corrected chi connectivity index (χ1v) is 11.1. The number of carbonyl (C=O) groups is 2. The quantitative estimate of drug-likeness (QED) is 0.474. The van der Waals surface area contributed by atoms with E-state index < -0.39 is 23.1 Å². The second kappa shape index (κ2) is 8.78. The molecular formula is C27H26F3NO3. The molecule has 0 aromatic heterocycles. The van der Waals surface area contributed by atoms with Crippen LogP contribution in [0.2, 0.25) is 0 Å². The van der Waals surface area contributed by atoms with E-state index in [1.807, 2.05) is 26.0 Å². The van der Waals surface area contributed by atoms with Crippen molar-refractivity contribution in [2.75, 3.05) is 11.5 Å². The lowest BCUT2D eigenvalue weighted by Crippen LogP contribution is -2.43. The Morgan fingerprint density at radius 3 is 2.47 bits per heavy atom. The third kappa shape index (κ3) is 4.65. The number of anilines is 1. The number of ketones is 1. The molecule has 1 aliphatic heterocycles. The Balaban J connectivity index is 1.81. The van der Waals surface area contributed by atoms with E-state index in [2.05, 4.69) is 6.58 Å². The molecule has 34 heavy (non-hydrogen) atoms. The minimum atomic E-state index is -4.54. The Kier molecular flexibility index (Phi) is 6.14. The number of carbonyl (C=O) groups excluding carboxylic acids is 2. The number of ether oxygens (including phenoxy) is 1. The summed E-state index contributed by atoms with van der Waals surface area (Å²) in [7, 11) is 0. The van der Waals surface area contributed by atoms with Crippen molar-refractivity contribution in [2.24, 2.45) is 5.41 Å². The van der Waals surface area contributed by atoms with Crippen LogP contribution < -0.4 is 9.64 Å². The van der Waals surface area contributed by atoms with Crippen LogP contribution in [0.1, 0.15) is 50.2 Å². The van der Waals surface area contributed by atoms with Crippen molar-refractivity contribution < 1.29 is 27.5 Å². The molecule has 0 bridgehead atoms. The summed E-state index contributed by atoms with van der Waals surface area (Å²) < 4.78 is 45.6. The summed E-state index contributed by atoms with van der Waals surface area (Å²) in [6, 6.07) is 11.9. The van der Waals surface area contributed by atoms with Gasteiger partial charge in [-0.3, -0.25) is 14.5 Å². The fourth-order valence-corrected chi connectivity index (χ4v) is 4.77. The van der Waals surface area contributed by atoms with Gasteiger partial charge in [0.05, 0.1) is 5.56 Å². The van der Waals surface area contributed by atoms with Crippen LogP contribution >= 0.6 is 0 Å². The van der Waals surface area contributed by atoms with Gasteiger partial charge in [0.1, 0.15) is 12.4 Å². The lowest BCUT2D eigenvalue weighted by Gasteiger charge is -2.43. The monoisotopic (exact) mass is 469 g/mol. The molecule has 0 saturated carbocycles. The summed E-state index contributed by atoms with van der Waals surface area (Å²) in [6.45, 7) is 7.83. The van der Waals surface area contributed by atoms with E-state index in [-0.39, 0.29) is 23.8 Å². The highest BCUT2D eigenvalue weighted by atomic mass is 19.4. The fourth-order valence-electron chi connectivity index (χ4n) is 4.77. The largest absolute Gasteiger partial charge is 0.490 e. The molecular weight excluding hydrogens is 443 g/mol. The van der Waals surface area contributed by atoms with E-state index in [0.717, 1.165) is 17.7 Å². The molecule has 2 aromatic carbocycles. The maximum Gasteiger partial charge on any atom is 0.416 e. The zero-order valence-corrected chi connectivity index (χ0v) is 19.1. The van der Waals surface area contributed by atoms with Gasteiger partial charge >= 0.3 is 6.18 Å². The zero-order chi connectivity index (χ0) is 24.7. The van der Waals surface area contributed by atoms with Gasteiger partial charge in [0.15, 0.2) is 5.78 Å². The molecule has 1 amide bonds. The van der Waals surface area contributed by atoms with Gasteiger partial charge in [-0.2, -0.15) is 13.2 Å². The molecule has 2 aliphatic rings. The number of rotatable bonds is 5. The van der Waals surface area contributed by atoms with Crippen LogP contribution in [0, 0.1) is 5.41 Å². The van der Waals surface area contributed by atoms with E-state index in [9.17, 15) is 22.8 Å². The highest BCUT2D eigenvalue weighted by Crippen LogP contribution is 2.48. The first-order valence-electron chi connectivity index (χ1n) is 11.1. The number of Topliss-reactive ketones (excluding diaryl/α,β-unsaturated/α-hetero) is 1. The smallest absolute Gasteiger partial charge is 0.416 e. The van der Waals surface area contributed by atoms with Crippen LogP contribution in [-0.2, 0) is 15.8 Å². The van der Waals surface area contributed by atoms with Crippen molar-refractivity contribution in [3.63, 3.8) is 0 Å². The predicted molar refractivity (Wildman–Crippen MR) is 123 cm³/mol. The number of amides is 1. The average molecular weight is 470 g/mol. The number of hydrogen-bond acceptors (Lipinski definition) is 3. The zero-order valence-electron chi connectivity index (χ0n) is 19.1. The van der Waals surface area contributed by atoms with Crippen molar-refractivity contribution in [3.8, 4) is 5.75 Å². The summed E-state index contributed by atoms with van der Waals surface area (Å²) in [4.78, 5) is 28.0. The van der Waals surface area contributed by atoms with Crippen molar-refractivity contribution in [3.05, 3.63) is 83.6 Å². The number of hydrogen-bond donors (Lipinski definition) is 0. The molecule has 1 heterocycles. The summed E-state index contributed by atoms with van der Waals surface area (Å²) in [5, 5.41) is 0. The minimum Gasteiger partial charge on any atom is -0.490 e. The Labute approximate surface area is 196 Å². The van der Waals surface area contributed by atoms with Gasteiger partial charge in [-0.05, 0) is 47.7 Å². The van der Waals surface area contributed by atoms with Crippen molar-refractivity contribution in [1.29, 1.82) is 0 Å². The Bertz CT molecular complexity index is 1160. The SMILES string of the molecule is C=CCOc1ccc(C2CC(=O)N(c3cccc(C(F)(F)F)c3)C3=C2C(=O)CC(C)(C)C3)cc1. The molecule has 0 fully saturated rings.